The lowest BCUT2D eigenvalue weighted by Gasteiger charge is -2.72. The number of ether oxygens (including phenoxy) is 1. The molecule has 1 aromatic carbocycles. The molecule has 2 aliphatic heterocycles. The predicted octanol–water partition coefficient (Wildman–Crippen LogP) is 9.86. The first kappa shape index (κ1) is 39.9. The van der Waals surface area contributed by atoms with Gasteiger partial charge in [-0.15, -0.1) is 0 Å². The van der Waals surface area contributed by atoms with Crippen LogP contribution in [0.3, 0.4) is 0 Å². The highest BCUT2D eigenvalue weighted by atomic mass is 32.2. The third-order valence-corrected chi connectivity index (χ3v) is 22.6. The Morgan fingerprint density at radius 1 is 0.914 bits per heavy atom. The number of piperidine rings is 1. The van der Waals surface area contributed by atoms with Gasteiger partial charge in [-0.2, -0.15) is 0 Å². The maximum atomic E-state index is 13.1. The molecule has 7 aliphatic carbocycles. The molecule has 4 unspecified atom stereocenters. The molecule has 2 bridgehead atoms. The number of hydrogen-bond acceptors (Lipinski definition) is 6. The Balaban J connectivity index is 0.849. The van der Waals surface area contributed by atoms with Gasteiger partial charge in [0.15, 0.2) is 9.84 Å². The first-order chi connectivity index (χ1) is 27.5. The smallest absolute Gasteiger partial charge is 0.309 e. The molecule has 0 spiro atoms. The number of carbonyl (C=O) groups excluding carboxylic acids is 1. The van der Waals surface area contributed by atoms with Crippen molar-refractivity contribution in [3.8, 4) is 0 Å². The Labute approximate surface area is 350 Å². The van der Waals surface area contributed by atoms with Crippen molar-refractivity contribution in [1.29, 1.82) is 0 Å². The van der Waals surface area contributed by atoms with Gasteiger partial charge in [0.05, 0.1) is 16.9 Å². The molecule has 316 valence electrons. The standard InChI is InChI=1S/C51H72N2O4S/c1-33(2)37-19-24-50(52-27-28-53-30-41-40-29-51(40,53)32-58(41,55)56)26-25-48(6)39(44(37)50)17-18-43-47(5)22-20-38(46(3,4)42(47)21-23-49(43,48)7)35-13-15-36(16-14-35)45(54)57-31-34-11-9-8-10-12-34/h8-13,20,36-37,39-44,52H,1,14-19,21-32H2,2-7H3/t36-,37-,39?,40+,41+,42-,43+,44?,47-,48+,49+,50?,51?/m0/s1. The van der Waals surface area contributed by atoms with Crippen LogP contribution in [0.1, 0.15) is 131 Å². The fourth-order valence-electron chi connectivity index (χ4n) is 17.3. The lowest BCUT2D eigenvalue weighted by molar-refractivity contribution is -0.221. The van der Waals surface area contributed by atoms with Gasteiger partial charge in [-0.05, 0) is 164 Å². The highest BCUT2D eigenvalue weighted by Gasteiger charge is 2.76. The van der Waals surface area contributed by atoms with Gasteiger partial charge in [0.1, 0.15) is 6.61 Å². The maximum absolute atomic E-state index is 13.1. The first-order valence-electron chi connectivity index (χ1n) is 23.5. The van der Waals surface area contributed by atoms with E-state index in [1.807, 2.05) is 30.3 Å². The topological polar surface area (TPSA) is 75.7 Å². The van der Waals surface area contributed by atoms with Gasteiger partial charge >= 0.3 is 5.97 Å². The van der Waals surface area contributed by atoms with Gasteiger partial charge in [0.25, 0.3) is 0 Å². The van der Waals surface area contributed by atoms with Crippen LogP contribution in [0.2, 0.25) is 0 Å². The van der Waals surface area contributed by atoms with Crippen molar-refractivity contribution in [2.24, 2.45) is 63.1 Å². The molecular weight excluding hydrogens is 737 g/mol. The highest BCUT2D eigenvalue weighted by molar-refractivity contribution is 7.92. The van der Waals surface area contributed by atoms with Crippen molar-refractivity contribution in [2.75, 3.05) is 25.4 Å². The van der Waals surface area contributed by atoms with Crippen LogP contribution in [0.15, 0.2) is 65.8 Å². The van der Waals surface area contributed by atoms with Crippen LogP contribution in [0, 0.1) is 63.1 Å². The van der Waals surface area contributed by atoms with E-state index in [-0.39, 0.29) is 39.0 Å². The summed E-state index contributed by atoms with van der Waals surface area (Å²) in [5, 5.41) is 4.21. The molecule has 13 atom stereocenters. The second-order valence-electron chi connectivity index (χ2n) is 22.8. The molecule has 6 nitrogen and oxygen atoms in total. The molecule has 1 aromatic rings. The number of sulfone groups is 1. The van der Waals surface area contributed by atoms with Gasteiger partial charge in [0, 0.05) is 30.7 Å². The summed E-state index contributed by atoms with van der Waals surface area (Å²) in [6.45, 7) is 23.4. The van der Waals surface area contributed by atoms with E-state index in [4.69, 9.17) is 4.74 Å². The number of allylic oxidation sites excluding steroid dienone is 5. The minimum atomic E-state index is -2.87. The van der Waals surface area contributed by atoms with E-state index in [0.29, 0.717) is 58.7 Å². The molecule has 0 amide bonds. The summed E-state index contributed by atoms with van der Waals surface area (Å²) in [5.74, 6) is 3.97. The number of esters is 1. The number of carbonyl (C=O) groups is 1. The Kier molecular flexibility index (Phi) is 9.21. The molecule has 2 heterocycles. The maximum Gasteiger partial charge on any atom is 0.309 e. The van der Waals surface area contributed by atoms with E-state index < -0.39 is 9.84 Å². The average molecular weight is 809 g/mol. The number of nitrogens with zero attached hydrogens (tertiary/aromatic N) is 1. The van der Waals surface area contributed by atoms with Gasteiger partial charge in [0.2, 0.25) is 0 Å². The summed E-state index contributed by atoms with van der Waals surface area (Å²) >= 11 is 0. The average Bonchev–Trinajstić information content (AvgIpc) is 3.48. The lowest BCUT2D eigenvalue weighted by atomic mass is 9.33. The molecule has 9 aliphatic rings. The second-order valence-corrected chi connectivity index (χ2v) is 25.0. The van der Waals surface area contributed by atoms with Gasteiger partial charge < -0.3 is 10.1 Å². The van der Waals surface area contributed by atoms with Gasteiger partial charge in [-0.3, -0.25) is 9.69 Å². The van der Waals surface area contributed by atoms with Crippen LogP contribution in [-0.4, -0.2) is 61.0 Å². The second kappa shape index (κ2) is 13.4. The summed E-state index contributed by atoms with van der Waals surface area (Å²) in [5.41, 5.74) is 6.60. The van der Waals surface area contributed by atoms with E-state index in [1.54, 1.807) is 5.57 Å². The van der Waals surface area contributed by atoms with Crippen molar-refractivity contribution in [3.05, 3.63) is 71.3 Å². The molecule has 1 N–H and O–H groups in total. The number of rotatable bonds is 9. The van der Waals surface area contributed by atoms with Crippen molar-refractivity contribution in [1.82, 2.24) is 10.2 Å². The Morgan fingerprint density at radius 3 is 2.40 bits per heavy atom. The van der Waals surface area contributed by atoms with Gasteiger partial charge in [-0.1, -0.05) is 89.3 Å². The quantitative estimate of drug-likeness (QED) is 0.198. The molecule has 58 heavy (non-hydrogen) atoms. The van der Waals surface area contributed by atoms with Crippen LogP contribution < -0.4 is 5.32 Å². The number of likely N-dealkylation sites (tertiary alicyclic amines) is 1. The third kappa shape index (κ3) is 5.59. The van der Waals surface area contributed by atoms with Crippen molar-refractivity contribution >= 4 is 15.8 Å². The normalized spacial score (nSPS) is 46.7. The molecule has 0 aromatic heterocycles. The highest BCUT2D eigenvalue weighted by Crippen LogP contribution is 2.76. The summed E-state index contributed by atoms with van der Waals surface area (Å²) in [4.78, 5) is 15.7. The van der Waals surface area contributed by atoms with E-state index in [0.717, 1.165) is 50.9 Å². The third-order valence-electron chi connectivity index (χ3n) is 20.3. The Morgan fingerprint density at radius 2 is 1.71 bits per heavy atom. The summed E-state index contributed by atoms with van der Waals surface area (Å²) in [6, 6.07) is 10.0. The fraction of sp³-hybridized carbons (Fsp3) is 0.745. The zero-order chi connectivity index (χ0) is 40.7. The SMILES string of the molecule is C=C(C)[C@@H]1CCC2(NCCN3C[C@@H]4[C@H]5CC53CS4(=O)=O)CC[C@]3(C)C(CC[C@@H]4[C@@]5(C)CC=C(C6=CC[C@H](C(=O)OCc7ccccc7)CC6)C(C)(C)[C@@H]5CC[C@]43C)C12. The van der Waals surface area contributed by atoms with E-state index in [9.17, 15) is 13.2 Å². The van der Waals surface area contributed by atoms with E-state index in [2.05, 4.69) is 70.5 Å². The van der Waals surface area contributed by atoms with Crippen molar-refractivity contribution in [3.63, 3.8) is 0 Å². The molecule has 10 rings (SSSR count). The summed E-state index contributed by atoms with van der Waals surface area (Å²) in [7, 11) is -2.87. The Hall–Kier alpha value is -2.22. The minimum Gasteiger partial charge on any atom is -0.461 e. The zero-order valence-electron chi connectivity index (χ0n) is 36.6. The number of hydrogen-bond donors (Lipinski definition) is 1. The molecule has 7 heteroatoms. The van der Waals surface area contributed by atoms with E-state index in [1.165, 1.54) is 68.9 Å². The zero-order valence-corrected chi connectivity index (χ0v) is 37.4. The largest absolute Gasteiger partial charge is 0.461 e. The minimum absolute atomic E-state index is 0.0239. The monoisotopic (exact) mass is 809 g/mol. The summed E-state index contributed by atoms with van der Waals surface area (Å²) in [6.07, 6.45) is 20.3. The van der Waals surface area contributed by atoms with Crippen LogP contribution in [0.4, 0.5) is 0 Å². The lowest BCUT2D eigenvalue weighted by Crippen LogP contribution is -2.68. The molecule has 2 saturated heterocycles. The van der Waals surface area contributed by atoms with Crippen molar-refractivity contribution < 1.29 is 17.9 Å². The number of nitrogens with one attached hydrogen (secondary N) is 1. The molecule has 7 fully saturated rings. The number of benzene rings is 1. The van der Waals surface area contributed by atoms with Crippen LogP contribution in [0.5, 0.6) is 0 Å². The predicted molar refractivity (Wildman–Crippen MR) is 232 cm³/mol. The van der Waals surface area contributed by atoms with Gasteiger partial charge in [-0.25, -0.2) is 8.42 Å². The molecular formula is C51H72N2O4S. The van der Waals surface area contributed by atoms with E-state index >= 15 is 0 Å². The molecule has 0 radical (unpaired) electrons. The summed E-state index contributed by atoms with van der Waals surface area (Å²) < 4.78 is 31.1. The molecule has 5 saturated carbocycles. The fourth-order valence-corrected chi connectivity index (χ4v) is 19.9. The van der Waals surface area contributed by atoms with Crippen LogP contribution in [0.25, 0.3) is 0 Å². The van der Waals surface area contributed by atoms with Crippen molar-refractivity contribution in [2.45, 2.75) is 148 Å². The first-order valence-corrected chi connectivity index (χ1v) is 25.2. The van der Waals surface area contributed by atoms with Crippen LogP contribution >= 0.6 is 0 Å². The Bertz CT molecular complexity index is 2040. The van der Waals surface area contributed by atoms with Crippen LogP contribution in [-0.2, 0) is 26.0 Å². The number of fused-ring (bicyclic) bond motifs is 7.